The van der Waals surface area contributed by atoms with Gasteiger partial charge in [-0.3, -0.25) is 4.79 Å². The smallest absolute Gasteiger partial charge is 0.161 e. The van der Waals surface area contributed by atoms with Crippen LogP contribution in [0.25, 0.3) is 16.6 Å². The Balaban J connectivity index is 2.35. The number of ketones is 1. The monoisotopic (exact) mass is 287 g/mol. The number of halogens is 2. The maximum absolute atomic E-state index is 13.4. The Hall–Kier alpha value is -2.13. The summed E-state index contributed by atoms with van der Waals surface area (Å²) in [5.74, 6) is -0.358. The molecule has 20 heavy (non-hydrogen) atoms. The van der Waals surface area contributed by atoms with Crippen molar-refractivity contribution in [3.63, 3.8) is 0 Å². The molecule has 0 saturated carbocycles. The van der Waals surface area contributed by atoms with Crippen molar-refractivity contribution >= 4 is 28.3 Å². The fraction of sp³-hybridized carbons (Fsp3) is 0.0625. The second kappa shape index (κ2) is 4.76. The molecule has 1 heterocycles. The molecular weight excluding hydrogens is 277 g/mol. The van der Waals surface area contributed by atoms with Crippen LogP contribution in [-0.4, -0.2) is 10.4 Å². The summed E-state index contributed by atoms with van der Waals surface area (Å²) in [5.41, 5.74) is 2.04. The Morgan fingerprint density at radius 3 is 2.70 bits per heavy atom. The minimum atomic E-state index is -0.323. The van der Waals surface area contributed by atoms with Crippen LogP contribution >= 0.6 is 11.6 Å². The van der Waals surface area contributed by atoms with Gasteiger partial charge in [0.05, 0.1) is 5.52 Å². The highest BCUT2D eigenvalue weighted by atomic mass is 35.5. The third kappa shape index (κ3) is 2.10. The first-order valence-electron chi connectivity index (χ1n) is 6.14. The molecule has 0 bridgehead atoms. The van der Waals surface area contributed by atoms with E-state index in [1.165, 1.54) is 19.1 Å². The molecule has 3 rings (SSSR count). The van der Waals surface area contributed by atoms with E-state index >= 15 is 0 Å². The Kier molecular flexibility index (Phi) is 3.07. The van der Waals surface area contributed by atoms with Crippen molar-refractivity contribution in [2.45, 2.75) is 6.92 Å². The lowest BCUT2D eigenvalue weighted by Gasteiger charge is -2.05. The molecule has 0 aliphatic heterocycles. The van der Waals surface area contributed by atoms with E-state index < -0.39 is 0 Å². The van der Waals surface area contributed by atoms with Gasteiger partial charge in [-0.2, -0.15) is 0 Å². The normalized spacial score (nSPS) is 10.9. The van der Waals surface area contributed by atoms with Crippen LogP contribution in [0.15, 0.2) is 48.7 Å². The van der Waals surface area contributed by atoms with Crippen molar-refractivity contribution < 1.29 is 9.18 Å². The van der Waals surface area contributed by atoms with E-state index in [9.17, 15) is 9.18 Å². The lowest BCUT2D eigenvalue weighted by Crippen LogP contribution is -1.93. The highest BCUT2D eigenvalue weighted by Gasteiger charge is 2.13. The van der Waals surface area contributed by atoms with Crippen molar-refractivity contribution in [2.75, 3.05) is 0 Å². The third-order valence-electron chi connectivity index (χ3n) is 3.23. The Morgan fingerprint density at radius 1 is 1.20 bits per heavy atom. The number of fused-ring (bicyclic) bond motifs is 1. The molecule has 0 N–H and O–H groups in total. The molecule has 0 radical (unpaired) electrons. The zero-order valence-corrected chi connectivity index (χ0v) is 11.5. The number of hydrogen-bond donors (Lipinski definition) is 0. The standard InChI is InChI=1S/C16H11ClFNO/c1-10(20)15-9-19(13-4-2-3-12(18)8-13)16-7-11(17)5-6-14(15)16/h2-9H,1H3. The van der Waals surface area contributed by atoms with E-state index in [-0.39, 0.29) is 11.6 Å². The molecule has 0 aliphatic carbocycles. The van der Waals surface area contributed by atoms with Gasteiger partial charge < -0.3 is 4.57 Å². The van der Waals surface area contributed by atoms with Crippen LogP contribution in [0.5, 0.6) is 0 Å². The average molecular weight is 288 g/mol. The first-order chi connectivity index (χ1) is 9.56. The molecule has 0 spiro atoms. The molecule has 0 saturated heterocycles. The summed E-state index contributed by atoms with van der Waals surface area (Å²) in [7, 11) is 0. The van der Waals surface area contributed by atoms with Crippen molar-refractivity contribution in [3.8, 4) is 5.69 Å². The van der Waals surface area contributed by atoms with Crippen LogP contribution in [0.3, 0.4) is 0 Å². The molecule has 0 aliphatic rings. The highest BCUT2D eigenvalue weighted by Crippen LogP contribution is 2.28. The molecule has 3 aromatic rings. The van der Waals surface area contributed by atoms with Gasteiger partial charge in [0.25, 0.3) is 0 Å². The molecule has 0 unspecified atom stereocenters. The molecule has 100 valence electrons. The Labute approximate surface area is 120 Å². The molecule has 0 atom stereocenters. The zero-order valence-electron chi connectivity index (χ0n) is 10.7. The van der Waals surface area contributed by atoms with E-state index in [2.05, 4.69) is 0 Å². The predicted molar refractivity (Wildman–Crippen MR) is 78.2 cm³/mol. The first-order valence-corrected chi connectivity index (χ1v) is 6.51. The van der Waals surface area contributed by atoms with Crippen LogP contribution < -0.4 is 0 Å². The minimum absolute atomic E-state index is 0.0347. The quantitative estimate of drug-likeness (QED) is 0.630. The Morgan fingerprint density at radius 2 is 2.00 bits per heavy atom. The summed E-state index contributed by atoms with van der Waals surface area (Å²) in [4.78, 5) is 11.7. The SMILES string of the molecule is CC(=O)c1cn(-c2cccc(F)c2)c2cc(Cl)ccc12. The molecule has 2 nitrogen and oxygen atoms in total. The van der Waals surface area contributed by atoms with Crippen LogP contribution in [0.4, 0.5) is 4.39 Å². The van der Waals surface area contributed by atoms with Crippen LogP contribution in [-0.2, 0) is 0 Å². The number of carbonyl (C=O) groups is 1. The van der Waals surface area contributed by atoms with Gasteiger partial charge in [0, 0.05) is 27.9 Å². The van der Waals surface area contributed by atoms with Crippen LogP contribution in [0, 0.1) is 5.82 Å². The second-order valence-corrected chi connectivity index (χ2v) is 5.05. The second-order valence-electron chi connectivity index (χ2n) is 4.61. The molecule has 0 fully saturated rings. The number of benzene rings is 2. The largest absolute Gasteiger partial charge is 0.316 e. The summed E-state index contributed by atoms with van der Waals surface area (Å²) in [5, 5.41) is 1.38. The van der Waals surface area contributed by atoms with Crippen molar-refractivity contribution in [1.29, 1.82) is 0 Å². The van der Waals surface area contributed by atoms with Gasteiger partial charge in [-0.25, -0.2) is 4.39 Å². The van der Waals surface area contributed by atoms with E-state index in [4.69, 9.17) is 11.6 Å². The van der Waals surface area contributed by atoms with Crippen LogP contribution in [0.2, 0.25) is 5.02 Å². The number of nitrogens with zero attached hydrogens (tertiary/aromatic N) is 1. The van der Waals surface area contributed by atoms with Gasteiger partial charge in [-0.15, -0.1) is 0 Å². The van der Waals surface area contributed by atoms with E-state index in [0.717, 1.165) is 10.9 Å². The highest BCUT2D eigenvalue weighted by molar-refractivity contribution is 6.31. The third-order valence-corrected chi connectivity index (χ3v) is 3.47. The number of rotatable bonds is 2. The number of aromatic nitrogens is 1. The van der Waals surface area contributed by atoms with E-state index in [1.54, 1.807) is 35.0 Å². The summed E-state index contributed by atoms with van der Waals surface area (Å²) in [6, 6.07) is 11.5. The Bertz CT molecular complexity index is 822. The van der Waals surface area contributed by atoms with Crippen LogP contribution in [0.1, 0.15) is 17.3 Å². The van der Waals surface area contributed by atoms with E-state index in [0.29, 0.717) is 16.3 Å². The summed E-state index contributed by atoms with van der Waals surface area (Å²) < 4.78 is 15.2. The summed E-state index contributed by atoms with van der Waals surface area (Å²) in [6.45, 7) is 1.51. The van der Waals surface area contributed by atoms with Crippen molar-refractivity contribution in [3.05, 3.63) is 65.1 Å². The number of Topliss-reactive ketones (excluding diaryl/α,β-unsaturated/α-hetero) is 1. The van der Waals surface area contributed by atoms with Gasteiger partial charge in [0.1, 0.15) is 5.82 Å². The predicted octanol–water partition coefficient (Wildman–Crippen LogP) is 4.63. The number of carbonyl (C=O) groups excluding carboxylic acids is 1. The van der Waals surface area contributed by atoms with Gasteiger partial charge in [0.15, 0.2) is 5.78 Å². The van der Waals surface area contributed by atoms with Gasteiger partial charge in [0.2, 0.25) is 0 Å². The molecule has 0 amide bonds. The molecule has 2 aromatic carbocycles. The topological polar surface area (TPSA) is 22.0 Å². The maximum Gasteiger partial charge on any atom is 0.161 e. The lowest BCUT2D eigenvalue weighted by atomic mass is 10.1. The molecular formula is C16H11ClFNO. The fourth-order valence-corrected chi connectivity index (χ4v) is 2.49. The zero-order chi connectivity index (χ0) is 14.3. The van der Waals surface area contributed by atoms with Gasteiger partial charge >= 0.3 is 0 Å². The summed E-state index contributed by atoms with van der Waals surface area (Å²) in [6.07, 6.45) is 1.72. The average Bonchev–Trinajstić information content (AvgIpc) is 2.77. The van der Waals surface area contributed by atoms with Gasteiger partial charge in [-0.1, -0.05) is 23.7 Å². The van der Waals surface area contributed by atoms with Crippen molar-refractivity contribution in [2.24, 2.45) is 0 Å². The maximum atomic E-state index is 13.4. The first kappa shape index (κ1) is 12.9. The van der Waals surface area contributed by atoms with Crippen molar-refractivity contribution in [1.82, 2.24) is 4.57 Å². The summed E-state index contributed by atoms with van der Waals surface area (Å²) >= 11 is 6.03. The molecule has 4 heteroatoms. The molecule has 1 aromatic heterocycles. The lowest BCUT2D eigenvalue weighted by molar-refractivity contribution is 0.101. The van der Waals surface area contributed by atoms with E-state index in [1.807, 2.05) is 6.07 Å². The van der Waals surface area contributed by atoms with Gasteiger partial charge in [-0.05, 0) is 37.3 Å². The minimum Gasteiger partial charge on any atom is -0.316 e. The fourth-order valence-electron chi connectivity index (χ4n) is 2.32. The number of hydrogen-bond acceptors (Lipinski definition) is 1.